The molecule has 2 rings (SSSR count). The average molecular weight is 310 g/mol. The Kier molecular flexibility index (Phi) is 4.65. The highest BCUT2D eigenvalue weighted by Crippen LogP contribution is 2.22. The van der Waals surface area contributed by atoms with Crippen molar-refractivity contribution in [2.24, 2.45) is 0 Å². The Morgan fingerprint density at radius 1 is 1.48 bits per heavy atom. The molecule has 2 N–H and O–H groups in total. The van der Waals surface area contributed by atoms with Crippen LogP contribution in [-0.4, -0.2) is 35.7 Å². The van der Waals surface area contributed by atoms with Crippen LogP contribution in [0.15, 0.2) is 24.3 Å². The van der Waals surface area contributed by atoms with E-state index in [2.05, 4.69) is 5.32 Å². The molecule has 1 fully saturated rings. The zero-order valence-corrected chi connectivity index (χ0v) is 12.3. The fraction of sp³-hybridized carbons (Fsp3) is 0.333. The van der Waals surface area contributed by atoms with Gasteiger partial charge in [-0.1, -0.05) is 17.7 Å². The smallest absolute Gasteiger partial charge is 0.328 e. The monoisotopic (exact) mass is 309 g/mol. The summed E-state index contributed by atoms with van der Waals surface area (Å²) in [5.41, 5.74) is 0.623. The van der Waals surface area contributed by atoms with Crippen molar-refractivity contribution in [2.75, 3.05) is 13.2 Å². The Morgan fingerprint density at radius 2 is 2.24 bits per heavy atom. The maximum Gasteiger partial charge on any atom is 0.328 e. The van der Waals surface area contributed by atoms with E-state index >= 15 is 0 Å². The minimum Gasteiger partial charge on any atom is -0.478 e. The molecule has 0 bridgehead atoms. The van der Waals surface area contributed by atoms with Gasteiger partial charge in [-0.3, -0.25) is 4.79 Å². The van der Waals surface area contributed by atoms with E-state index in [0.717, 1.165) is 12.5 Å². The van der Waals surface area contributed by atoms with Crippen LogP contribution in [0.4, 0.5) is 0 Å². The Hall–Kier alpha value is -1.85. The largest absolute Gasteiger partial charge is 0.478 e. The van der Waals surface area contributed by atoms with Gasteiger partial charge in [0.1, 0.15) is 0 Å². The maximum atomic E-state index is 12.2. The molecule has 0 radical (unpaired) electrons. The van der Waals surface area contributed by atoms with E-state index in [0.29, 0.717) is 29.4 Å². The van der Waals surface area contributed by atoms with Gasteiger partial charge in [0.05, 0.1) is 12.1 Å². The van der Waals surface area contributed by atoms with Crippen LogP contribution in [0.2, 0.25) is 5.02 Å². The van der Waals surface area contributed by atoms with Crippen LogP contribution in [0.5, 0.6) is 0 Å². The molecule has 0 aliphatic carbocycles. The minimum absolute atomic E-state index is 0.223. The molecular weight excluding hydrogens is 294 g/mol. The summed E-state index contributed by atoms with van der Waals surface area (Å²) >= 11 is 6.06. The summed E-state index contributed by atoms with van der Waals surface area (Å²) in [4.78, 5) is 22.7. The molecule has 1 aromatic carbocycles. The van der Waals surface area contributed by atoms with Gasteiger partial charge >= 0.3 is 5.97 Å². The molecule has 1 heterocycles. The van der Waals surface area contributed by atoms with Crippen LogP contribution in [0, 0.1) is 0 Å². The number of hydrogen-bond donors (Lipinski definition) is 2. The van der Waals surface area contributed by atoms with E-state index < -0.39 is 5.97 Å². The van der Waals surface area contributed by atoms with E-state index in [1.807, 2.05) is 6.92 Å². The van der Waals surface area contributed by atoms with Crippen molar-refractivity contribution in [2.45, 2.75) is 18.9 Å². The number of hydrogen-bond acceptors (Lipinski definition) is 3. The molecule has 0 spiro atoms. The quantitative estimate of drug-likeness (QED) is 0.837. The van der Waals surface area contributed by atoms with Crippen molar-refractivity contribution < 1.29 is 19.4 Å². The van der Waals surface area contributed by atoms with Gasteiger partial charge in [-0.15, -0.1) is 0 Å². The van der Waals surface area contributed by atoms with Crippen LogP contribution < -0.4 is 5.32 Å². The first-order valence-corrected chi connectivity index (χ1v) is 6.88. The van der Waals surface area contributed by atoms with E-state index in [1.54, 1.807) is 12.1 Å². The fourth-order valence-corrected chi connectivity index (χ4v) is 2.32. The van der Waals surface area contributed by atoms with Gasteiger partial charge in [0.2, 0.25) is 0 Å². The van der Waals surface area contributed by atoms with Gasteiger partial charge in [0.15, 0.2) is 0 Å². The Morgan fingerprint density at radius 3 is 2.81 bits per heavy atom. The molecule has 1 saturated heterocycles. The predicted molar refractivity (Wildman–Crippen MR) is 79.4 cm³/mol. The summed E-state index contributed by atoms with van der Waals surface area (Å²) in [6.07, 6.45) is 3.16. The van der Waals surface area contributed by atoms with Crippen molar-refractivity contribution in [1.29, 1.82) is 0 Å². The highest BCUT2D eigenvalue weighted by atomic mass is 35.5. The number of benzene rings is 1. The SMILES string of the molecule is CC1(NC(=O)c2ccc(/C=C/C(=O)O)c(Cl)c2)CCOC1. The number of carbonyl (C=O) groups excluding carboxylic acids is 1. The van der Waals surface area contributed by atoms with Crippen molar-refractivity contribution in [3.8, 4) is 0 Å². The molecule has 1 aliphatic heterocycles. The molecule has 0 aromatic heterocycles. The zero-order chi connectivity index (χ0) is 15.5. The highest BCUT2D eigenvalue weighted by Gasteiger charge is 2.31. The van der Waals surface area contributed by atoms with Gasteiger partial charge in [0, 0.05) is 23.3 Å². The van der Waals surface area contributed by atoms with Gasteiger partial charge in [-0.05, 0) is 37.1 Å². The Balaban J connectivity index is 2.12. The molecule has 5 nitrogen and oxygen atoms in total. The zero-order valence-electron chi connectivity index (χ0n) is 11.6. The van der Waals surface area contributed by atoms with Crippen molar-refractivity contribution in [3.05, 3.63) is 40.4 Å². The normalized spacial score (nSPS) is 21.6. The van der Waals surface area contributed by atoms with Crippen molar-refractivity contribution in [1.82, 2.24) is 5.32 Å². The topological polar surface area (TPSA) is 75.6 Å². The third-order valence-electron chi connectivity index (χ3n) is 3.30. The third-order valence-corrected chi connectivity index (χ3v) is 3.63. The number of nitrogens with one attached hydrogen (secondary N) is 1. The van der Waals surface area contributed by atoms with Crippen LogP contribution in [0.25, 0.3) is 6.08 Å². The van der Waals surface area contributed by atoms with Gasteiger partial charge in [-0.25, -0.2) is 4.79 Å². The van der Waals surface area contributed by atoms with Crippen molar-refractivity contribution in [3.63, 3.8) is 0 Å². The fourth-order valence-electron chi connectivity index (χ4n) is 2.08. The number of carboxylic acid groups (broad SMARTS) is 1. The lowest BCUT2D eigenvalue weighted by atomic mass is 10.0. The summed E-state index contributed by atoms with van der Waals surface area (Å²) in [5.74, 6) is -1.28. The molecule has 112 valence electrons. The highest BCUT2D eigenvalue weighted by molar-refractivity contribution is 6.32. The Bertz CT molecular complexity index is 591. The summed E-state index contributed by atoms with van der Waals surface area (Å²) in [6, 6.07) is 4.75. The van der Waals surface area contributed by atoms with Crippen LogP contribution in [0.1, 0.15) is 29.3 Å². The lowest BCUT2D eigenvalue weighted by Crippen LogP contribution is -2.46. The molecule has 6 heteroatoms. The molecule has 1 aliphatic rings. The first-order valence-electron chi connectivity index (χ1n) is 6.50. The molecule has 1 atom stereocenters. The predicted octanol–water partition coefficient (Wildman–Crippen LogP) is 2.35. The van der Waals surface area contributed by atoms with Gasteiger partial charge < -0.3 is 15.2 Å². The maximum absolute atomic E-state index is 12.2. The number of ether oxygens (including phenoxy) is 1. The van der Waals surface area contributed by atoms with Gasteiger partial charge in [-0.2, -0.15) is 0 Å². The number of halogens is 1. The van der Waals surface area contributed by atoms with E-state index in [9.17, 15) is 9.59 Å². The standard InChI is InChI=1S/C15H16ClNO4/c1-15(6-7-21-9-15)17-14(20)11-3-2-10(12(16)8-11)4-5-13(18)19/h2-5,8H,6-7,9H2,1H3,(H,17,20)(H,18,19)/b5-4+. The summed E-state index contributed by atoms with van der Waals surface area (Å²) in [7, 11) is 0. The number of rotatable bonds is 4. The third kappa shape index (κ3) is 4.06. The first kappa shape index (κ1) is 15.5. The lowest BCUT2D eigenvalue weighted by molar-refractivity contribution is -0.131. The lowest BCUT2D eigenvalue weighted by Gasteiger charge is -2.23. The van der Waals surface area contributed by atoms with Crippen molar-refractivity contribution >= 4 is 29.6 Å². The molecule has 1 amide bonds. The van der Waals surface area contributed by atoms with E-state index in [1.165, 1.54) is 12.1 Å². The van der Waals surface area contributed by atoms with E-state index in [-0.39, 0.29) is 11.4 Å². The minimum atomic E-state index is -1.05. The summed E-state index contributed by atoms with van der Waals surface area (Å²) in [6.45, 7) is 3.06. The molecule has 21 heavy (non-hydrogen) atoms. The molecular formula is C15H16ClNO4. The Labute approximate surface area is 127 Å². The van der Waals surface area contributed by atoms with Crippen LogP contribution in [0.3, 0.4) is 0 Å². The summed E-state index contributed by atoms with van der Waals surface area (Å²) < 4.78 is 5.29. The summed E-state index contributed by atoms with van der Waals surface area (Å²) in [5, 5.41) is 11.9. The van der Waals surface area contributed by atoms with Crippen LogP contribution >= 0.6 is 11.6 Å². The second-order valence-corrected chi connectivity index (χ2v) is 5.63. The van der Waals surface area contributed by atoms with Gasteiger partial charge in [0.25, 0.3) is 5.91 Å². The molecule has 1 aromatic rings. The number of carbonyl (C=O) groups is 2. The number of amides is 1. The second kappa shape index (κ2) is 6.28. The average Bonchev–Trinajstić information content (AvgIpc) is 2.83. The first-order chi connectivity index (χ1) is 9.89. The van der Waals surface area contributed by atoms with E-state index in [4.69, 9.17) is 21.4 Å². The number of carboxylic acids is 1. The molecule has 0 saturated carbocycles. The van der Waals surface area contributed by atoms with Crippen LogP contribution in [-0.2, 0) is 9.53 Å². The number of aliphatic carboxylic acids is 1. The second-order valence-electron chi connectivity index (χ2n) is 5.23. The molecule has 1 unspecified atom stereocenters.